The molecule has 0 atom stereocenters. The quantitative estimate of drug-likeness (QED) is 0.458. The fourth-order valence-electron chi connectivity index (χ4n) is 1.94. The van der Waals surface area contributed by atoms with Crippen molar-refractivity contribution in [1.82, 2.24) is 14.8 Å². The summed E-state index contributed by atoms with van der Waals surface area (Å²) in [7, 11) is 0. The molecule has 0 saturated heterocycles. The molecular formula is C15H11ClN4O. The van der Waals surface area contributed by atoms with Gasteiger partial charge in [-0.25, -0.2) is 9.67 Å². The summed E-state index contributed by atoms with van der Waals surface area (Å²) in [5.74, 6) is 0.971. The second kappa shape index (κ2) is 5.76. The molecule has 1 heterocycles. The van der Waals surface area contributed by atoms with Crippen molar-refractivity contribution >= 4 is 17.8 Å². The van der Waals surface area contributed by atoms with E-state index in [2.05, 4.69) is 15.2 Å². The summed E-state index contributed by atoms with van der Waals surface area (Å²) >= 11 is 5.88. The van der Waals surface area contributed by atoms with Gasteiger partial charge in [-0.2, -0.15) is 0 Å². The van der Waals surface area contributed by atoms with Crippen LogP contribution in [0, 0.1) is 0 Å². The van der Waals surface area contributed by atoms with Gasteiger partial charge in [-0.3, -0.25) is 0 Å². The second-order valence-electron chi connectivity index (χ2n) is 4.29. The molecule has 1 aromatic heterocycles. The maximum Gasteiger partial charge on any atom is 0.182 e. The summed E-state index contributed by atoms with van der Waals surface area (Å²) in [5, 5.41) is 16.9. The first-order valence-corrected chi connectivity index (χ1v) is 6.61. The van der Waals surface area contributed by atoms with Gasteiger partial charge in [-0.05, 0) is 36.4 Å². The van der Waals surface area contributed by atoms with E-state index in [1.807, 2.05) is 42.5 Å². The monoisotopic (exact) mass is 298 g/mol. The van der Waals surface area contributed by atoms with Gasteiger partial charge in [-0.15, -0.1) is 5.10 Å². The maximum absolute atomic E-state index is 8.78. The Morgan fingerprint density at radius 1 is 1.05 bits per heavy atom. The zero-order chi connectivity index (χ0) is 14.7. The lowest BCUT2D eigenvalue weighted by Crippen LogP contribution is -2.01. The van der Waals surface area contributed by atoms with E-state index in [1.165, 1.54) is 6.21 Å². The molecule has 5 nitrogen and oxygen atoms in total. The van der Waals surface area contributed by atoms with Crippen LogP contribution in [0.1, 0.15) is 5.82 Å². The Morgan fingerprint density at radius 3 is 2.43 bits per heavy atom. The third kappa shape index (κ3) is 2.78. The number of para-hydroxylation sites is 1. The van der Waals surface area contributed by atoms with Crippen molar-refractivity contribution in [2.24, 2.45) is 5.16 Å². The first-order valence-electron chi connectivity index (χ1n) is 6.24. The molecule has 3 aromatic rings. The molecule has 0 saturated carbocycles. The van der Waals surface area contributed by atoms with Crippen LogP contribution in [0.25, 0.3) is 17.1 Å². The van der Waals surface area contributed by atoms with E-state index >= 15 is 0 Å². The van der Waals surface area contributed by atoms with Gasteiger partial charge in [0.25, 0.3) is 0 Å². The van der Waals surface area contributed by atoms with E-state index in [4.69, 9.17) is 16.8 Å². The SMILES string of the molecule is O/N=C/c1nc(-c2ccc(Cl)cc2)nn1-c1ccccc1. The number of hydrogen-bond donors (Lipinski definition) is 1. The number of rotatable bonds is 3. The van der Waals surface area contributed by atoms with Crippen LogP contribution in [-0.4, -0.2) is 26.2 Å². The summed E-state index contributed by atoms with van der Waals surface area (Å²) in [4.78, 5) is 4.38. The van der Waals surface area contributed by atoms with E-state index in [1.54, 1.807) is 16.8 Å². The Morgan fingerprint density at radius 2 is 1.76 bits per heavy atom. The molecule has 0 amide bonds. The molecule has 21 heavy (non-hydrogen) atoms. The standard InChI is InChI=1S/C15H11ClN4O/c16-12-8-6-11(7-9-12)15-18-14(10-17-21)20(19-15)13-4-2-1-3-5-13/h1-10,21H/b17-10+. The fourth-order valence-corrected chi connectivity index (χ4v) is 2.07. The lowest BCUT2D eigenvalue weighted by molar-refractivity contribution is 0.321. The molecule has 0 spiro atoms. The Kier molecular flexibility index (Phi) is 3.66. The molecule has 2 aromatic carbocycles. The molecule has 0 aliphatic heterocycles. The number of hydrogen-bond acceptors (Lipinski definition) is 4. The highest BCUT2D eigenvalue weighted by molar-refractivity contribution is 6.30. The van der Waals surface area contributed by atoms with Crippen molar-refractivity contribution in [3.8, 4) is 17.1 Å². The third-order valence-corrected chi connectivity index (χ3v) is 3.16. The topological polar surface area (TPSA) is 63.3 Å². The molecule has 3 rings (SSSR count). The lowest BCUT2D eigenvalue weighted by atomic mass is 10.2. The Hall–Kier alpha value is -2.66. The van der Waals surface area contributed by atoms with Crippen molar-refractivity contribution in [1.29, 1.82) is 0 Å². The van der Waals surface area contributed by atoms with Gasteiger partial charge in [0.2, 0.25) is 0 Å². The molecule has 1 N–H and O–H groups in total. The zero-order valence-electron chi connectivity index (χ0n) is 10.9. The van der Waals surface area contributed by atoms with Gasteiger partial charge in [-0.1, -0.05) is 35.0 Å². The third-order valence-electron chi connectivity index (χ3n) is 2.91. The highest BCUT2D eigenvalue weighted by atomic mass is 35.5. The van der Waals surface area contributed by atoms with Crippen LogP contribution in [-0.2, 0) is 0 Å². The maximum atomic E-state index is 8.78. The molecule has 0 unspecified atom stereocenters. The average Bonchev–Trinajstić information content (AvgIpc) is 2.93. The van der Waals surface area contributed by atoms with Crippen molar-refractivity contribution in [3.63, 3.8) is 0 Å². The minimum atomic E-state index is 0.439. The number of aromatic nitrogens is 3. The minimum Gasteiger partial charge on any atom is -0.411 e. The molecular weight excluding hydrogens is 288 g/mol. The summed E-state index contributed by atoms with van der Waals surface area (Å²) in [6.07, 6.45) is 1.25. The van der Waals surface area contributed by atoms with Crippen LogP contribution >= 0.6 is 11.6 Å². The molecule has 0 fully saturated rings. The number of nitrogens with zero attached hydrogens (tertiary/aromatic N) is 4. The first kappa shape index (κ1) is 13.3. The molecule has 0 aliphatic carbocycles. The average molecular weight is 299 g/mol. The summed E-state index contributed by atoms with van der Waals surface area (Å²) in [6.45, 7) is 0. The van der Waals surface area contributed by atoms with Gasteiger partial charge in [0.05, 0.1) is 5.69 Å². The summed E-state index contributed by atoms with van der Waals surface area (Å²) < 4.78 is 1.61. The fraction of sp³-hybridized carbons (Fsp3) is 0. The van der Waals surface area contributed by atoms with Crippen LogP contribution < -0.4 is 0 Å². The van der Waals surface area contributed by atoms with Crippen molar-refractivity contribution in [3.05, 3.63) is 65.4 Å². The van der Waals surface area contributed by atoms with E-state index in [-0.39, 0.29) is 0 Å². The number of benzene rings is 2. The van der Waals surface area contributed by atoms with Crippen LogP contribution in [0.2, 0.25) is 5.02 Å². The molecule has 0 radical (unpaired) electrons. The van der Waals surface area contributed by atoms with E-state index in [9.17, 15) is 0 Å². The highest BCUT2D eigenvalue weighted by Crippen LogP contribution is 2.20. The smallest absolute Gasteiger partial charge is 0.182 e. The predicted molar refractivity (Wildman–Crippen MR) is 81.2 cm³/mol. The van der Waals surface area contributed by atoms with Gasteiger partial charge >= 0.3 is 0 Å². The molecule has 0 bridgehead atoms. The van der Waals surface area contributed by atoms with Crippen LogP contribution in [0.5, 0.6) is 0 Å². The Labute approximate surface area is 126 Å². The van der Waals surface area contributed by atoms with Gasteiger partial charge in [0.15, 0.2) is 11.6 Å². The second-order valence-corrected chi connectivity index (χ2v) is 4.73. The highest BCUT2D eigenvalue weighted by Gasteiger charge is 2.11. The lowest BCUT2D eigenvalue weighted by Gasteiger charge is -2.01. The van der Waals surface area contributed by atoms with E-state index < -0.39 is 0 Å². The zero-order valence-corrected chi connectivity index (χ0v) is 11.6. The molecule has 104 valence electrons. The first-order chi connectivity index (χ1) is 10.3. The van der Waals surface area contributed by atoms with Crippen molar-refractivity contribution < 1.29 is 5.21 Å². The van der Waals surface area contributed by atoms with Crippen LogP contribution in [0.4, 0.5) is 0 Å². The molecule has 6 heteroatoms. The number of oxime groups is 1. The van der Waals surface area contributed by atoms with Gasteiger partial charge in [0.1, 0.15) is 6.21 Å². The number of halogens is 1. The summed E-state index contributed by atoms with van der Waals surface area (Å²) in [6, 6.07) is 16.8. The van der Waals surface area contributed by atoms with Crippen LogP contribution in [0.15, 0.2) is 59.8 Å². The van der Waals surface area contributed by atoms with Crippen molar-refractivity contribution in [2.45, 2.75) is 0 Å². The summed E-state index contributed by atoms with van der Waals surface area (Å²) in [5.41, 5.74) is 1.67. The van der Waals surface area contributed by atoms with Crippen molar-refractivity contribution in [2.75, 3.05) is 0 Å². The van der Waals surface area contributed by atoms with Gasteiger partial charge in [0, 0.05) is 10.6 Å². The van der Waals surface area contributed by atoms with E-state index in [0.717, 1.165) is 11.3 Å². The largest absolute Gasteiger partial charge is 0.411 e. The van der Waals surface area contributed by atoms with Gasteiger partial charge < -0.3 is 5.21 Å². The predicted octanol–water partition coefficient (Wildman–Crippen LogP) is 3.40. The van der Waals surface area contributed by atoms with Crippen LogP contribution in [0.3, 0.4) is 0 Å². The Balaban J connectivity index is 2.10. The van der Waals surface area contributed by atoms with E-state index in [0.29, 0.717) is 16.7 Å². The normalized spacial score (nSPS) is 11.1. The molecule has 0 aliphatic rings. The minimum absolute atomic E-state index is 0.439. The Bertz CT molecular complexity index is 766.